The molecular weight excluding hydrogens is 190 g/mol. The van der Waals surface area contributed by atoms with Crippen molar-refractivity contribution in [2.24, 2.45) is 0 Å². The van der Waals surface area contributed by atoms with Gasteiger partial charge in [-0.3, -0.25) is 4.79 Å². The molecule has 0 aliphatic rings. The van der Waals surface area contributed by atoms with E-state index in [2.05, 4.69) is 10.1 Å². The van der Waals surface area contributed by atoms with Crippen LogP contribution in [-0.2, 0) is 11.2 Å². The number of aromatic nitrogens is 3. The highest BCUT2D eigenvalue weighted by Gasteiger charge is 2.08. The Labute approximate surface area is 77.6 Å². The first kappa shape index (κ1) is 8.18. The largest absolute Gasteiger partial charge is 0.481 e. The van der Waals surface area contributed by atoms with Crippen LogP contribution in [0, 0.1) is 6.92 Å². The fraction of sp³-hybridized carbons (Fsp3) is 0.286. The van der Waals surface area contributed by atoms with E-state index in [-0.39, 0.29) is 6.42 Å². The average molecular weight is 197 g/mol. The number of carboxylic acid groups (broad SMARTS) is 1. The number of fused-ring (bicyclic) bond motifs is 1. The lowest BCUT2D eigenvalue weighted by molar-refractivity contribution is -0.136. The van der Waals surface area contributed by atoms with Crippen LogP contribution in [0.15, 0.2) is 6.20 Å². The van der Waals surface area contributed by atoms with Gasteiger partial charge in [0.15, 0.2) is 0 Å². The zero-order valence-electron chi connectivity index (χ0n) is 6.89. The second kappa shape index (κ2) is 2.81. The summed E-state index contributed by atoms with van der Waals surface area (Å²) >= 11 is 1.45. The molecule has 0 aromatic carbocycles. The second-order valence-electron chi connectivity index (χ2n) is 2.65. The van der Waals surface area contributed by atoms with Gasteiger partial charge < -0.3 is 5.11 Å². The summed E-state index contributed by atoms with van der Waals surface area (Å²) in [6.45, 7) is 1.89. The number of carbonyl (C=O) groups is 1. The number of imidazole rings is 1. The van der Waals surface area contributed by atoms with Gasteiger partial charge in [0.1, 0.15) is 5.01 Å². The van der Waals surface area contributed by atoms with Gasteiger partial charge in [-0.2, -0.15) is 5.10 Å². The van der Waals surface area contributed by atoms with Crippen molar-refractivity contribution in [2.75, 3.05) is 0 Å². The predicted octanol–water partition coefficient (Wildman–Crippen LogP) is 0.726. The van der Waals surface area contributed by atoms with Gasteiger partial charge in [0.05, 0.1) is 18.3 Å². The van der Waals surface area contributed by atoms with Crippen molar-refractivity contribution in [2.45, 2.75) is 13.3 Å². The highest BCUT2D eigenvalue weighted by molar-refractivity contribution is 7.16. The smallest absolute Gasteiger partial charge is 0.309 e. The molecule has 0 unspecified atom stereocenters. The molecule has 2 heterocycles. The van der Waals surface area contributed by atoms with Crippen LogP contribution < -0.4 is 0 Å². The lowest BCUT2D eigenvalue weighted by Gasteiger charge is -1.85. The van der Waals surface area contributed by atoms with E-state index in [4.69, 9.17) is 5.11 Å². The van der Waals surface area contributed by atoms with E-state index in [1.54, 1.807) is 10.7 Å². The number of hydrogen-bond donors (Lipinski definition) is 1. The molecule has 13 heavy (non-hydrogen) atoms. The summed E-state index contributed by atoms with van der Waals surface area (Å²) < 4.78 is 1.61. The highest BCUT2D eigenvalue weighted by atomic mass is 32.1. The number of carboxylic acids is 1. The molecule has 68 valence electrons. The fourth-order valence-electron chi connectivity index (χ4n) is 1.08. The van der Waals surface area contributed by atoms with Gasteiger partial charge in [-0.05, 0) is 6.92 Å². The van der Waals surface area contributed by atoms with Gasteiger partial charge in [-0.15, -0.1) is 0 Å². The number of aliphatic carboxylic acids is 1. The zero-order valence-corrected chi connectivity index (χ0v) is 7.71. The molecule has 2 aromatic rings. The monoisotopic (exact) mass is 197 g/mol. The van der Waals surface area contributed by atoms with Crippen LogP contribution in [0.3, 0.4) is 0 Å². The van der Waals surface area contributed by atoms with Crippen molar-refractivity contribution in [3.05, 3.63) is 16.9 Å². The van der Waals surface area contributed by atoms with Crippen LogP contribution in [0.4, 0.5) is 0 Å². The van der Waals surface area contributed by atoms with Crippen LogP contribution in [0.25, 0.3) is 4.96 Å². The molecule has 1 N–H and O–H groups in total. The first-order valence-corrected chi connectivity index (χ1v) is 4.50. The molecule has 0 radical (unpaired) electrons. The molecule has 2 aromatic heterocycles. The molecule has 0 aliphatic heterocycles. The Kier molecular flexibility index (Phi) is 1.77. The van der Waals surface area contributed by atoms with Crippen molar-refractivity contribution in [3.63, 3.8) is 0 Å². The van der Waals surface area contributed by atoms with Gasteiger partial charge >= 0.3 is 5.97 Å². The third kappa shape index (κ3) is 1.52. The zero-order chi connectivity index (χ0) is 9.42. The minimum Gasteiger partial charge on any atom is -0.481 e. The summed E-state index contributed by atoms with van der Waals surface area (Å²) in [6.07, 6.45) is 1.60. The molecule has 0 atom stereocenters. The third-order valence-corrected chi connectivity index (χ3v) is 2.36. The van der Waals surface area contributed by atoms with Crippen LogP contribution in [0.1, 0.15) is 10.7 Å². The maximum atomic E-state index is 10.4. The maximum Gasteiger partial charge on any atom is 0.309 e. The van der Waals surface area contributed by atoms with Gasteiger partial charge in [0.2, 0.25) is 4.96 Å². The third-order valence-electron chi connectivity index (χ3n) is 1.53. The second-order valence-corrected chi connectivity index (χ2v) is 3.81. The standard InChI is InChI=1S/C7H7N3O2S/c1-4-9-10-3-5(2-6(11)12)8-7(10)13-4/h3H,2H2,1H3,(H,11,12). The molecule has 0 saturated heterocycles. The summed E-state index contributed by atoms with van der Waals surface area (Å²) in [6, 6.07) is 0. The van der Waals surface area contributed by atoms with Gasteiger partial charge in [-0.1, -0.05) is 11.3 Å². The number of nitrogens with zero attached hydrogens (tertiary/aromatic N) is 3. The molecule has 6 heteroatoms. The van der Waals surface area contributed by atoms with E-state index in [1.165, 1.54) is 11.3 Å². The summed E-state index contributed by atoms with van der Waals surface area (Å²) in [5.41, 5.74) is 0.547. The normalized spacial score (nSPS) is 10.8. The van der Waals surface area contributed by atoms with E-state index >= 15 is 0 Å². The minimum absolute atomic E-state index is 0.0465. The number of rotatable bonds is 2. The highest BCUT2D eigenvalue weighted by Crippen LogP contribution is 2.13. The number of aryl methyl sites for hydroxylation is 1. The topological polar surface area (TPSA) is 67.5 Å². The van der Waals surface area contributed by atoms with Crippen LogP contribution in [-0.4, -0.2) is 25.7 Å². The van der Waals surface area contributed by atoms with Crippen molar-refractivity contribution in [1.82, 2.24) is 14.6 Å². The maximum absolute atomic E-state index is 10.4. The summed E-state index contributed by atoms with van der Waals surface area (Å²) in [7, 11) is 0. The Balaban J connectivity index is 2.39. The van der Waals surface area contributed by atoms with E-state index in [0.717, 1.165) is 9.97 Å². The van der Waals surface area contributed by atoms with Gasteiger partial charge in [0.25, 0.3) is 0 Å². The summed E-state index contributed by atoms with van der Waals surface area (Å²) in [4.78, 5) is 15.2. The Morgan fingerprint density at radius 1 is 1.77 bits per heavy atom. The Hall–Kier alpha value is -1.43. The van der Waals surface area contributed by atoms with E-state index < -0.39 is 5.97 Å². The van der Waals surface area contributed by atoms with Gasteiger partial charge in [0, 0.05) is 0 Å². The first-order valence-electron chi connectivity index (χ1n) is 3.68. The molecule has 0 fully saturated rings. The van der Waals surface area contributed by atoms with Crippen LogP contribution >= 0.6 is 11.3 Å². The fourth-order valence-corrected chi connectivity index (χ4v) is 1.83. The number of hydrogen-bond acceptors (Lipinski definition) is 4. The predicted molar refractivity (Wildman–Crippen MR) is 46.9 cm³/mol. The Morgan fingerprint density at radius 3 is 3.15 bits per heavy atom. The van der Waals surface area contributed by atoms with E-state index in [1.807, 2.05) is 6.92 Å². The van der Waals surface area contributed by atoms with Crippen molar-refractivity contribution in [3.8, 4) is 0 Å². The van der Waals surface area contributed by atoms with E-state index in [0.29, 0.717) is 5.69 Å². The van der Waals surface area contributed by atoms with Crippen molar-refractivity contribution < 1.29 is 9.90 Å². The van der Waals surface area contributed by atoms with Crippen LogP contribution in [0.2, 0.25) is 0 Å². The molecule has 5 nitrogen and oxygen atoms in total. The minimum atomic E-state index is -0.873. The SMILES string of the molecule is Cc1nn2cc(CC(=O)O)nc2s1. The quantitative estimate of drug-likeness (QED) is 0.770. The summed E-state index contributed by atoms with van der Waals surface area (Å²) in [5, 5.41) is 13.6. The molecule has 0 amide bonds. The molecule has 0 bridgehead atoms. The van der Waals surface area contributed by atoms with Crippen LogP contribution in [0.5, 0.6) is 0 Å². The Bertz CT molecular complexity index is 428. The lowest BCUT2D eigenvalue weighted by Crippen LogP contribution is -1.99. The molecule has 0 aliphatic carbocycles. The molecular formula is C7H7N3O2S. The summed E-state index contributed by atoms with van der Waals surface area (Å²) in [5.74, 6) is -0.873. The molecule has 0 spiro atoms. The average Bonchev–Trinajstić information content (AvgIpc) is 2.41. The Morgan fingerprint density at radius 2 is 2.54 bits per heavy atom. The van der Waals surface area contributed by atoms with Crippen molar-refractivity contribution >= 4 is 22.3 Å². The lowest BCUT2D eigenvalue weighted by atomic mass is 10.3. The van der Waals surface area contributed by atoms with E-state index in [9.17, 15) is 4.79 Å². The van der Waals surface area contributed by atoms with Crippen molar-refractivity contribution in [1.29, 1.82) is 0 Å². The first-order chi connectivity index (χ1) is 6.15. The molecule has 2 rings (SSSR count). The molecule has 0 saturated carbocycles. The van der Waals surface area contributed by atoms with Gasteiger partial charge in [-0.25, -0.2) is 9.50 Å².